The van der Waals surface area contributed by atoms with Crippen molar-refractivity contribution in [3.05, 3.63) is 0 Å². The summed E-state index contributed by atoms with van der Waals surface area (Å²) >= 11 is 0. The Hall–Kier alpha value is -1.10. The summed E-state index contributed by atoms with van der Waals surface area (Å²) in [5, 5.41) is 14.3. The number of rotatable bonds is 6. The first-order valence-corrected chi connectivity index (χ1v) is 5.08. The Labute approximate surface area is 90.2 Å². The van der Waals surface area contributed by atoms with Gasteiger partial charge in [-0.3, -0.25) is 4.79 Å². The van der Waals surface area contributed by atoms with Crippen LogP contribution in [0.15, 0.2) is 0 Å². The molecule has 0 saturated carbocycles. The molecule has 0 rings (SSSR count). The van der Waals surface area contributed by atoms with Crippen molar-refractivity contribution >= 4 is 11.9 Å². The lowest BCUT2D eigenvalue weighted by atomic mass is 10.1. The molecule has 0 fully saturated rings. The van der Waals surface area contributed by atoms with E-state index >= 15 is 0 Å². The Morgan fingerprint density at radius 1 is 1.27 bits per heavy atom. The molecular formula is C10H20N2O3. The van der Waals surface area contributed by atoms with Gasteiger partial charge in [0.15, 0.2) is 0 Å². The molecule has 0 spiro atoms. The van der Waals surface area contributed by atoms with Gasteiger partial charge in [0.25, 0.3) is 0 Å². The lowest BCUT2D eigenvalue weighted by Crippen LogP contribution is -2.49. The minimum atomic E-state index is -1.02. The highest BCUT2D eigenvalue weighted by Gasteiger charge is 2.19. The maximum Gasteiger partial charge on any atom is 0.327 e. The molecule has 0 saturated heterocycles. The highest BCUT2D eigenvalue weighted by atomic mass is 16.4. The third-order valence-electron chi connectivity index (χ3n) is 2.32. The average Bonchev–Trinajstić information content (AvgIpc) is 2.10. The molecule has 0 aliphatic rings. The first-order valence-electron chi connectivity index (χ1n) is 5.08. The van der Waals surface area contributed by atoms with Crippen LogP contribution in [0.4, 0.5) is 0 Å². The van der Waals surface area contributed by atoms with Gasteiger partial charge in [-0.1, -0.05) is 13.8 Å². The van der Waals surface area contributed by atoms with E-state index in [-0.39, 0.29) is 18.5 Å². The SMILES string of the molecule is CC(=O)NC(CNC(C)C(C)C)C(=O)O. The number of carboxylic acids is 1. The number of carboxylic acid groups (broad SMARTS) is 1. The van der Waals surface area contributed by atoms with Gasteiger partial charge in [0, 0.05) is 19.5 Å². The summed E-state index contributed by atoms with van der Waals surface area (Å²) < 4.78 is 0. The number of carbonyl (C=O) groups excluding carboxylic acids is 1. The topological polar surface area (TPSA) is 78.4 Å². The van der Waals surface area contributed by atoms with Crippen LogP contribution < -0.4 is 10.6 Å². The fourth-order valence-electron chi connectivity index (χ4n) is 0.985. The fourth-order valence-corrected chi connectivity index (χ4v) is 0.985. The Kier molecular flexibility index (Phi) is 5.93. The normalized spacial score (nSPS) is 14.7. The standard InChI is InChI=1S/C10H20N2O3/c1-6(2)7(3)11-5-9(10(14)15)12-8(4)13/h6-7,9,11H,5H2,1-4H3,(H,12,13)(H,14,15). The molecule has 0 aliphatic heterocycles. The van der Waals surface area contributed by atoms with E-state index in [9.17, 15) is 9.59 Å². The number of nitrogens with one attached hydrogen (secondary N) is 2. The smallest absolute Gasteiger partial charge is 0.327 e. The van der Waals surface area contributed by atoms with Crippen LogP contribution in [-0.4, -0.2) is 35.6 Å². The van der Waals surface area contributed by atoms with E-state index in [0.29, 0.717) is 5.92 Å². The van der Waals surface area contributed by atoms with Crippen molar-refractivity contribution in [3.8, 4) is 0 Å². The van der Waals surface area contributed by atoms with Crippen LogP contribution in [0.5, 0.6) is 0 Å². The molecule has 3 N–H and O–H groups in total. The maximum absolute atomic E-state index is 10.8. The molecule has 2 unspecified atom stereocenters. The van der Waals surface area contributed by atoms with Gasteiger partial charge in [-0.05, 0) is 12.8 Å². The summed E-state index contributed by atoms with van der Waals surface area (Å²) in [4.78, 5) is 21.5. The molecule has 5 heteroatoms. The lowest BCUT2D eigenvalue weighted by Gasteiger charge is -2.20. The minimum absolute atomic E-state index is 0.223. The Morgan fingerprint density at radius 3 is 2.13 bits per heavy atom. The predicted molar refractivity (Wildman–Crippen MR) is 57.5 cm³/mol. The Bertz CT molecular complexity index is 229. The van der Waals surface area contributed by atoms with Crippen LogP contribution in [0.2, 0.25) is 0 Å². The molecule has 0 heterocycles. The molecule has 0 aliphatic carbocycles. The number of hydrogen-bond acceptors (Lipinski definition) is 3. The first-order chi connectivity index (χ1) is 6.84. The molecule has 0 aromatic rings. The van der Waals surface area contributed by atoms with Crippen LogP contribution in [0.25, 0.3) is 0 Å². The zero-order chi connectivity index (χ0) is 12.0. The molecule has 2 atom stereocenters. The van der Waals surface area contributed by atoms with Crippen LogP contribution in [-0.2, 0) is 9.59 Å². The summed E-state index contributed by atoms with van der Waals surface area (Å²) in [5.41, 5.74) is 0. The van der Waals surface area contributed by atoms with Gasteiger partial charge in [0.05, 0.1) is 0 Å². The predicted octanol–water partition coefficient (Wildman–Crippen LogP) is 0.210. The molecule has 5 nitrogen and oxygen atoms in total. The highest BCUT2D eigenvalue weighted by Crippen LogP contribution is 1.99. The molecule has 0 radical (unpaired) electrons. The third-order valence-corrected chi connectivity index (χ3v) is 2.32. The van der Waals surface area contributed by atoms with Gasteiger partial charge in [0.2, 0.25) is 5.91 Å². The van der Waals surface area contributed by atoms with Gasteiger partial charge < -0.3 is 15.7 Å². The molecule has 0 aromatic heterocycles. The summed E-state index contributed by atoms with van der Waals surface area (Å²) in [6.45, 7) is 7.63. The summed E-state index contributed by atoms with van der Waals surface area (Å²) in [6, 6.07) is -0.635. The monoisotopic (exact) mass is 216 g/mol. The van der Waals surface area contributed by atoms with Gasteiger partial charge in [-0.15, -0.1) is 0 Å². The number of hydrogen-bond donors (Lipinski definition) is 3. The highest BCUT2D eigenvalue weighted by molar-refractivity contribution is 5.82. The number of amides is 1. The number of aliphatic carboxylic acids is 1. The molecule has 0 bridgehead atoms. The van der Waals surface area contributed by atoms with Crippen molar-refractivity contribution in [2.75, 3.05) is 6.54 Å². The summed E-state index contributed by atoms with van der Waals surface area (Å²) in [7, 11) is 0. The van der Waals surface area contributed by atoms with E-state index in [0.717, 1.165) is 0 Å². The largest absolute Gasteiger partial charge is 0.480 e. The maximum atomic E-state index is 10.8. The van der Waals surface area contributed by atoms with Gasteiger partial charge >= 0.3 is 5.97 Å². The molecule has 88 valence electrons. The van der Waals surface area contributed by atoms with Crippen molar-refractivity contribution in [1.29, 1.82) is 0 Å². The van der Waals surface area contributed by atoms with E-state index in [1.165, 1.54) is 6.92 Å². The zero-order valence-corrected chi connectivity index (χ0v) is 9.70. The van der Waals surface area contributed by atoms with Crippen molar-refractivity contribution in [3.63, 3.8) is 0 Å². The first kappa shape index (κ1) is 13.9. The van der Waals surface area contributed by atoms with E-state index in [2.05, 4.69) is 10.6 Å². The fraction of sp³-hybridized carbons (Fsp3) is 0.800. The summed E-state index contributed by atoms with van der Waals surface area (Å²) in [5.74, 6) is -0.924. The Morgan fingerprint density at radius 2 is 1.80 bits per heavy atom. The van der Waals surface area contributed by atoms with Crippen LogP contribution in [0.3, 0.4) is 0 Å². The Balaban J connectivity index is 4.07. The van der Waals surface area contributed by atoms with Crippen molar-refractivity contribution in [2.45, 2.75) is 39.8 Å². The second-order valence-electron chi connectivity index (χ2n) is 4.03. The molecular weight excluding hydrogens is 196 g/mol. The van der Waals surface area contributed by atoms with E-state index in [4.69, 9.17) is 5.11 Å². The van der Waals surface area contributed by atoms with Crippen molar-refractivity contribution in [1.82, 2.24) is 10.6 Å². The van der Waals surface area contributed by atoms with Gasteiger partial charge in [-0.2, -0.15) is 0 Å². The summed E-state index contributed by atoms with van der Waals surface area (Å²) in [6.07, 6.45) is 0. The van der Waals surface area contributed by atoms with E-state index in [1.807, 2.05) is 20.8 Å². The van der Waals surface area contributed by atoms with Gasteiger partial charge in [-0.25, -0.2) is 4.79 Å². The lowest BCUT2D eigenvalue weighted by molar-refractivity contribution is -0.141. The molecule has 0 aromatic carbocycles. The van der Waals surface area contributed by atoms with Crippen LogP contribution in [0.1, 0.15) is 27.7 Å². The second kappa shape index (κ2) is 6.40. The quantitative estimate of drug-likeness (QED) is 0.593. The molecule has 15 heavy (non-hydrogen) atoms. The third kappa shape index (κ3) is 6.06. The van der Waals surface area contributed by atoms with Crippen LogP contribution in [0, 0.1) is 5.92 Å². The molecule has 1 amide bonds. The van der Waals surface area contributed by atoms with Gasteiger partial charge in [0.1, 0.15) is 6.04 Å². The van der Waals surface area contributed by atoms with E-state index in [1.54, 1.807) is 0 Å². The van der Waals surface area contributed by atoms with Crippen molar-refractivity contribution in [2.24, 2.45) is 5.92 Å². The van der Waals surface area contributed by atoms with E-state index < -0.39 is 12.0 Å². The van der Waals surface area contributed by atoms with Crippen molar-refractivity contribution < 1.29 is 14.7 Å². The average molecular weight is 216 g/mol. The van der Waals surface area contributed by atoms with Crippen LogP contribution >= 0.6 is 0 Å². The minimum Gasteiger partial charge on any atom is -0.480 e. The zero-order valence-electron chi connectivity index (χ0n) is 9.70. The second-order valence-corrected chi connectivity index (χ2v) is 4.03. The number of carbonyl (C=O) groups is 2.